The maximum Gasteiger partial charge on any atom is 0.0568 e. The van der Waals surface area contributed by atoms with Crippen molar-refractivity contribution in [2.75, 3.05) is 6.61 Å². The highest BCUT2D eigenvalue weighted by atomic mass is 16.3. The van der Waals surface area contributed by atoms with Crippen molar-refractivity contribution in [3.05, 3.63) is 0 Å². The molecule has 0 radical (unpaired) electrons. The maximum absolute atomic E-state index is 9.77. The Labute approximate surface area is 81.0 Å². The minimum Gasteiger partial charge on any atom is -0.396 e. The summed E-state index contributed by atoms with van der Waals surface area (Å²) in [7, 11) is 0. The van der Waals surface area contributed by atoms with Crippen LogP contribution < -0.4 is 0 Å². The highest BCUT2D eigenvalue weighted by molar-refractivity contribution is 4.76. The van der Waals surface area contributed by atoms with Crippen LogP contribution in [0.5, 0.6) is 0 Å². The summed E-state index contributed by atoms with van der Waals surface area (Å²) >= 11 is 0. The molecule has 1 rings (SSSR count). The fourth-order valence-corrected chi connectivity index (χ4v) is 2.29. The molecule has 1 atom stereocenters. The van der Waals surface area contributed by atoms with Crippen LogP contribution in [0.25, 0.3) is 0 Å². The van der Waals surface area contributed by atoms with Gasteiger partial charge in [-0.05, 0) is 43.9 Å². The van der Waals surface area contributed by atoms with Crippen LogP contribution in [0.4, 0.5) is 0 Å². The second-order valence-corrected chi connectivity index (χ2v) is 4.32. The second-order valence-electron chi connectivity index (χ2n) is 4.32. The normalized spacial score (nSPS) is 31.6. The van der Waals surface area contributed by atoms with Crippen molar-refractivity contribution in [2.45, 2.75) is 51.6 Å². The molecule has 1 aliphatic carbocycles. The van der Waals surface area contributed by atoms with E-state index in [1.54, 1.807) is 0 Å². The average molecular weight is 186 g/mol. The van der Waals surface area contributed by atoms with Gasteiger partial charge in [-0.1, -0.05) is 13.3 Å². The van der Waals surface area contributed by atoms with E-state index in [1.165, 1.54) is 0 Å². The Morgan fingerprint density at radius 3 is 2.31 bits per heavy atom. The van der Waals surface area contributed by atoms with Gasteiger partial charge in [0.05, 0.1) is 6.10 Å². The van der Waals surface area contributed by atoms with Gasteiger partial charge in [0.2, 0.25) is 0 Å². The van der Waals surface area contributed by atoms with Gasteiger partial charge >= 0.3 is 0 Å². The molecule has 0 spiro atoms. The fourth-order valence-electron chi connectivity index (χ4n) is 2.29. The van der Waals surface area contributed by atoms with E-state index in [-0.39, 0.29) is 6.10 Å². The number of hydrogen-bond donors (Lipinski definition) is 2. The van der Waals surface area contributed by atoms with Crippen LogP contribution >= 0.6 is 0 Å². The molecule has 1 saturated carbocycles. The molecule has 0 amide bonds. The summed E-state index contributed by atoms with van der Waals surface area (Å²) in [6.07, 6.45) is 6.32. The summed E-state index contributed by atoms with van der Waals surface area (Å²) in [5, 5.41) is 18.7. The van der Waals surface area contributed by atoms with Gasteiger partial charge in [0.1, 0.15) is 0 Å². The monoisotopic (exact) mass is 186 g/mol. The molecule has 1 fully saturated rings. The first-order chi connectivity index (χ1) is 6.27. The van der Waals surface area contributed by atoms with Crippen LogP contribution in [-0.4, -0.2) is 22.9 Å². The fraction of sp³-hybridized carbons (Fsp3) is 1.00. The van der Waals surface area contributed by atoms with Crippen LogP contribution in [0.15, 0.2) is 0 Å². The SMILES string of the molecule is CCCC(O)C1CCC(CO)CC1. The molecule has 2 nitrogen and oxygen atoms in total. The zero-order valence-electron chi connectivity index (χ0n) is 8.58. The van der Waals surface area contributed by atoms with Gasteiger partial charge in [0, 0.05) is 6.61 Å². The van der Waals surface area contributed by atoms with Crippen LogP contribution in [0.3, 0.4) is 0 Å². The Bertz CT molecular complexity index is 128. The second kappa shape index (κ2) is 5.61. The van der Waals surface area contributed by atoms with Crippen molar-refractivity contribution in [3.63, 3.8) is 0 Å². The quantitative estimate of drug-likeness (QED) is 0.704. The number of hydrogen-bond acceptors (Lipinski definition) is 2. The van der Waals surface area contributed by atoms with Crippen molar-refractivity contribution in [1.29, 1.82) is 0 Å². The van der Waals surface area contributed by atoms with Gasteiger partial charge in [-0.25, -0.2) is 0 Å². The number of aliphatic hydroxyl groups is 2. The standard InChI is InChI=1S/C11H22O2/c1-2-3-11(13)10-6-4-9(8-12)5-7-10/h9-13H,2-8H2,1H3. The summed E-state index contributed by atoms with van der Waals surface area (Å²) in [5.74, 6) is 1.01. The lowest BCUT2D eigenvalue weighted by molar-refractivity contribution is 0.0567. The zero-order chi connectivity index (χ0) is 9.68. The van der Waals surface area contributed by atoms with E-state index in [0.29, 0.717) is 18.4 Å². The Kier molecular flexibility index (Phi) is 4.74. The van der Waals surface area contributed by atoms with Gasteiger partial charge in [0.25, 0.3) is 0 Å². The molecule has 1 aliphatic rings. The molecule has 0 aromatic carbocycles. The highest BCUT2D eigenvalue weighted by Gasteiger charge is 2.25. The maximum atomic E-state index is 9.77. The van der Waals surface area contributed by atoms with Crippen molar-refractivity contribution in [3.8, 4) is 0 Å². The smallest absolute Gasteiger partial charge is 0.0568 e. The predicted octanol–water partition coefficient (Wildman–Crippen LogP) is 1.95. The molecule has 13 heavy (non-hydrogen) atoms. The van der Waals surface area contributed by atoms with E-state index in [9.17, 15) is 5.11 Å². The lowest BCUT2D eigenvalue weighted by atomic mass is 9.79. The van der Waals surface area contributed by atoms with Gasteiger partial charge < -0.3 is 10.2 Å². The molecule has 0 aromatic heterocycles. The number of rotatable bonds is 4. The first kappa shape index (κ1) is 11.0. The lowest BCUT2D eigenvalue weighted by Crippen LogP contribution is -2.26. The first-order valence-corrected chi connectivity index (χ1v) is 5.56. The average Bonchev–Trinajstić information content (AvgIpc) is 2.18. The number of aliphatic hydroxyl groups excluding tert-OH is 2. The molecule has 2 heteroatoms. The minimum atomic E-state index is -0.0929. The van der Waals surface area contributed by atoms with Crippen molar-refractivity contribution >= 4 is 0 Å². The predicted molar refractivity (Wildman–Crippen MR) is 53.4 cm³/mol. The molecule has 0 heterocycles. The summed E-state index contributed by atoms with van der Waals surface area (Å²) < 4.78 is 0. The van der Waals surface area contributed by atoms with E-state index in [1.807, 2.05) is 0 Å². The molecule has 78 valence electrons. The molecule has 0 aliphatic heterocycles. The van der Waals surface area contributed by atoms with Gasteiger partial charge in [0.15, 0.2) is 0 Å². The van der Waals surface area contributed by atoms with E-state index in [2.05, 4.69) is 6.92 Å². The van der Waals surface area contributed by atoms with E-state index in [0.717, 1.165) is 38.5 Å². The third kappa shape index (κ3) is 3.28. The van der Waals surface area contributed by atoms with Gasteiger partial charge in [-0.2, -0.15) is 0 Å². The van der Waals surface area contributed by atoms with Crippen LogP contribution in [0, 0.1) is 11.8 Å². The molecule has 2 N–H and O–H groups in total. The van der Waals surface area contributed by atoms with Crippen molar-refractivity contribution < 1.29 is 10.2 Å². The molecule has 1 unspecified atom stereocenters. The lowest BCUT2D eigenvalue weighted by Gasteiger charge is -2.30. The third-order valence-corrected chi connectivity index (χ3v) is 3.28. The Balaban J connectivity index is 2.23. The van der Waals surface area contributed by atoms with Crippen molar-refractivity contribution in [2.24, 2.45) is 11.8 Å². The molecular formula is C11H22O2. The molecule has 0 aromatic rings. The van der Waals surface area contributed by atoms with Crippen molar-refractivity contribution in [1.82, 2.24) is 0 Å². The Morgan fingerprint density at radius 2 is 1.85 bits per heavy atom. The van der Waals surface area contributed by atoms with Crippen LogP contribution in [0.2, 0.25) is 0 Å². The van der Waals surface area contributed by atoms with E-state index in [4.69, 9.17) is 5.11 Å². The summed E-state index contributed by atoms with van der Waals surface area (Å²) in [6, 6.07) is 0. The molecule has 0 bridgehead atoms. The van der Waals surface area contributed by atoms with Gasteiger partial charge in [-0.3, -0.25) is 0 Å². The summed E-state index contributed by atoms with van der Waals surface area (Å²) in [5.41, 5.74) is 0. The largest absolute Gasteiger partial charge is 0.396 e. The molecule has 0 saturated heterocycles. The zero-order valence-corrected chi connectivity index (χ0v) is 8.58. The Hall–Kier alpha value is -0.0800. The minimum absolute atomic E-state index is 0.0929. The van der Waals surface area contributed by atoms with Crippen LogP contribution in [0.1, 0.15) is 45.4 Å². The topological polar surface area (TPSA) is 40.5 Å². The van der Waals surface area contributed by atoms with Gasteiger partial charge in [-0.15, -0.1) is 0 Å². The molecular weight excluding hydrogens is 164 g/mol. The van der Waals surface area contributed by atoms with E-state index >= 15 is 0 Å². The van der Waals surface area contributed by atoms with Crippen LogP contribution in [-0.2, 0) is 0 Å². The Morgan fingerprint density at radius 1 is 1.23 bits per heavy atom. The summed E-state index contributed by atoms with van der Waals surface area (Å²) in [4.78, 5) is 0. The third-order valence-electron chi connectivity index (χ3n) is 3.28. The highest BCUT2D eigenvalue weighted by Crippen LogP contribution is 2.31. The first-order valence-electron chi connectivity index (χ1n) is 5.56. The summed E-state index contributed by atoms with van der Waals surface area (Å²) in [6.45, 7) is 2.44. The van der Waals surface area contributed by atoms with E-state index < -0.39 is 0 Å².